The third kappa shape index (κ3) is 4.71. The van der Waals surface area contributed by atoms with Gasteiger partial charge < -0.3 is 4.90 Å². The first-order valence-electron chi connectivity index (χ1n) is 13.1. The molecular weight excluding hydrogens is 434 g/mol. The van der Waals surface area contributed by atoms with E-state index in [9.17, 15) is 4.79 Å². The van der Waals surface area contributed by atoms with Gasteiger partial charge in [-0.05, 0) is 62.9 Å². The number of fused-ring (bicyclic) bond motifs is 1. The fourth-order valence-corrected chi connectivity index (χ4v) is 5.44. The molecule has 184 valence electrons. The van der Waals surface area contributed by atoms with Gasteiger partial charge in [-0.15, -0.1) is 0 Å². The number of carbonyl (C=O) groups excluding carboxylic acids is 1. The van der Waals surface area contributed by atoms with Crippen LogP contribution in [0.25, 0.3) is 0 Å². The fourth-order valence-electron chi connectivity index (χ4n) is 5.44. The van der Waals surface area contributed by atoms with Gasteiger partial charge in [0.2, 0.25) is 0 Å². The first kappa shape index (κ1) is 23.6. The summed E-state index contributed by atoms with van der Waals surface area (Å²) in [5, 5.41) is 6.75. The Morgan fingerprint density at radius 1 is 1.03 bits per heavy atom. The van der Waals surface area contributed by atoms with E-state index in [-0.39, 0.29) is 12.1 Å². The van der Waals surface area contributed by atoms with E-state index in [1.807, 2.05) is 18.7 Å². The topological polar surface area (TPSA) is 51.5 Å². The maximum Gasteiger partial charge on any atom is 0.349 e. The van der Waals surface area contributed by atoms with Crippen molar-refractivity contribution in [3.63, 3.8) is 0 Å². The van der Waals surface area contributed by atoms with E-state index >= 15 is 0 Å². The van der Waals surface area contributed by atoms with Crippen LogP contribution in [-0.2, 0) is 6.42 Å². The molecule has 2 amide bonds. The number of urea groups is 1. The summed E-state index contributed by atoms with van der Waals surface area (Å²) in [4.78, 5) is 22.7. The number of carbonyl (C=O) groups is 1. The lowest BCUT2D eigenvalue weighted by atomic mass is 9.82. The number of hydrazone groups is 1. The molecule has 35 heavy (non-hydrogen) atoms. The quantitative estimate of drug-likeness (QED) is 0.525. The minimum absolute atomic E-state index is 0.0332. The van der Waals surface area contributed by atoms with Gasteiger partial charge in [0.25, 0.3) is 0 Å². The van der Waals surface area contributed by atoms with Crippen LogP contribution in [0.3, 0.4) is 0 Å². The second-order valence-corrected chi connectivity index (χ2v) is 10.5. The number of rotatable bonds is 5. The molecule has 0 bridgehead atoms. The Kier molecular flexibility index (Phi) is 6.63. The van der Waals surface area contributed by atoms with Crippen LogP contribution in [0.1, 0.15) is 62.6 Å². The smallest absolute Gasteiger partial charge is 0.349 e. The van der Waals surface area contributed by atoms with Crippen molar-refractivity contribution in [3.8, 4) is 0 Å². The third-order valence-corrected chi connectivity index (χ3v) is 7.48. The molecule has 2 aromatic rings. The van der Waals surface area contributed by atoms with Gasteiger partial charge in [-0.25, -0.2) is 9.80 Å². The zero-order valence-corrected chi connectivity index (χ0v) is 21.5. The summed E-state index contributed by atoms with van der Waals surface area (Å²) in [5.41, 5.74) is 6.32. The highest BCUT2D eigenvalue weighted by Crippen LogP contribution is 2.38. The third-order valence-electron chi connectivity index (χ3n) is 7.48. The van der Waals surface area contributed by atoms with Gasteiger partial charge in [0.15, 0.2) is 0 Å². The van der Waals surface area contributed by atoms with E-state index in [0.717, 1.165) is 66.4 Å². The van der Waals surface area contributed by atoms with Crippen molar-refractivity contribution in [1.82, 2.24) is 9.91 Å². The van der Waals surface area contributed by atoms with Crippen LogP contribution in [0.15, 0.2) is 52.6 Å². The van der Waals surface area contributed by atoms with Crippen LogP contribution in [0, 0.1) is 12.8 Å². The molecule has 2 heterocycles. The Balaban J connectivity index is 1.55. The zero-order valence-electron chi connectivity index (χ0n) is 21.5. The molecule has 0 unspecified atom stereocenters. The van der Waals surface area contributed by atoms with E-state index in [1.165, 1.54) is 24.8 Å². The molecule has 1 fully saturated rings. The van der Waals surface area contributed by atoms with Gasteiger partial charge in [-0.2, -0.15) is 5.10 Å². The van der Waals surface area contributed by atoms with E-state index < -0.39 is 0 Å². The van der Waals surface area contributed by atoms with Crippen molar-refractivity contribution in [2.45, 2.75) is 65.3 Å². The minimum atomic E-state index is -0.0923. The summed E-state index contributed by atoms with van der Waals surface area (Å²) in [6, 6.07) is 14.7. The van der Waals surface area contributed by atoms with Crippen molar-refractivity contribution in [2.75, 3.05) is 25.0 Å². The number of amidine groups is 1. The summed E-state index contributed by atoms with van der Waals surface area (Å²) in [7, 11) is 2.10. The highest BCUT2D eigenvalue weighted by atomic mass is 16.2. The van der Waals surface area contributed by atoms with Crippen LogP contribution in [0.4, 0.5) is 16.2 Å². The molecule has 0 spiro atoms. The van der Waals surface area contributed by atoms with Gasteiger partial charge in [0, 0.05) is 31.5 Å². The number of aryl methyl sites for hydroxylation is 1. The highest BCUT2D eigenvalue weighted by Gasteiger charge is 2.35. The molecule has 1 aliphatic carbocycles. The van der Waals surface area contributed by atoms with E-state index in [0.29, 0.717) is 5.92 Å². The van der Waals surface area contributed by atoms with Gasteiger partial charge in [0.05, 0.1) is 29.7 Å². The summed E-state index contributed by atoms with van der Waals surface area (Å²) < 4.78 is 0. The number of likely N-dealkylation sites (N-methyl/N-ethyl adjacent to an activating group) is 1. The van der Waals surface area contributed by atoms with Crippen LogP contribution in [0.2, 0.25) is 0 Å². The van der Waals surface area contributed by atoms with Gasteiger partial charge in [0.1, 0.15) is 5.84 Å². The fraction of sp³-hybridized carbons (Fsp3) is 0.483. The summed E-state index contributed by atoms with van der Waals surface area (Å²) in [5.74, 6) is 1.52. The van der Waals surface area contributed by atoms with Crippen molar-refractivity contribution in [3.05, 3.63) is 59.2 Å². The van der Waals surface area contributed by atoms with Gasteiger partial charge in [-0.3, -0.25) is 9.89 Å². The maximum absolute atomic E-state index is 14.0. The molecule has 2 aromatic carbocycles. The van der Waals surface area contributed by atoms with Crippen LogP contribution < -0.4 is 4.90 Å². The first-order valence-corrected chi connectivity index (χ1v) is 13.1. The second-order valence-electron chi connectivity index (χ2n) is 10.5. The molecule has 1 saturated carbocycles. The molecule has 0 atom stereocenters. The van der Waals surface area contributed by atoms with Crippen molar-refractivity contribution in [2.24, 2.45) is 16.0 Å². The van der Waals surface area contributed by atoms with Crippen molar-refractivity contribution in [1.29, 1.82) is 0 Å². The van der Waals surface area contributed by atoms with Crippen LogP contribution >= 0.6 is 0 Å². The monoisotopic (exact) mass is 471 g/mol. The normalized spacial score (nSPS) is 19.1. The molecule has 0 aromatic heterocycles. The molecule has 2 aliphatic heterocycles. The molecule has 3 aliphatic rings. The average Bonchev–Trinajstić information content (AvgIpc) is 3.20. The number of hydrogen-bond acceptors (Lipinski definition) is 4. The first-order chi connectivity index (χ1) is 16.9. The van der Waals surface area contributed by atoms with Crippen molar-refractivity contribution < 1.29 is 4.79 Å². The SMILES string of the molecule is Cc1ccc2c(c1)N(c1ccc(CC3=NCCN3C)cc1)C(=O)N(C(C)C)N=C2C1CCCCC1. The number of anilines is 2. The average molecular weight is 472 g/mol. The van der Waals surface area contributed by atoms with Crippen LogP contribution in [-0.4, -0.2) is 53.7 Å². The van der Waals surface area contributed by atoms with E-state index in [2.05, 4.69) is 66.3 Å². The molecule has 5 rings (SSSR count). The predicted molar refractivity (Wildman–Crippen MR) is 144 cm³/mol. The number of aliphatic imine (C=N–C) groups is 1. The molecule has 0 N–H and O–H groups in total. The molecule has 6 nitrogen and oxygen atoms in total. The molecular formula is C29H37N5O. The number of hydrogen-bond donors (Lipinski definition) is 0. The number of amides is 2. The Morgan fingerprint density at radius 3 is 2.43 bits per heavy atom. The molecule has 0 radical (unpaired) electrons. The highest BCUT2D eigenvalue weighted by molar-refractivity contribution is 6.14. The van der Waals surface area contributed by atoms with Gasteiger partial charge in [-0.1, -0.05) is 43.5 Å². The predicted octanol–water partition coefficient (Wildman–Crippen LogP) is 6.15. The Bertz CT molecular complexity index is 1140. The summed E-state index contributed by atoms with van der Waals surface area (Å²) in [6.07, 6.45) is 6.84. The standard InChI is InChI=1S/C29H37N5O/c1-20(2)34-29(35)33(24-13-11-22(12-14-24)19-27-30-16-17-32(27)4)26-18-21(3)10-15-25(26)28(31-34)23-8-6-5-7-9-23/h10-15,18,20,23H,5-9,16-17,19H2,1-4H3. The van der Waals surface area contributed by atoms with Crippen molar-refractivity contribution >= 4 is 29.0 Å². The van der Waals surface area contributed by atoms with Crippen LogP contribution in [0.5, 0.6) is 0 Å². The zero-order chi connectivity index (χ0) is 24.5. The lowest BCUT2D eigenvalue weighted by Crippen LogP contribution is -2.41. The Morgan fingerprint density at radius 2 is 1.77 bits per heavy atom. The molecule has 0 saturated heterocycles. The van der Waals surface area contributed by atoms with E-state index in [4.69, 9.17) is 5.10 Å². The molecule has 6 heteroatoms. The van der Waals surface area contributed by atoms with E-state index in [1.54, 1.807) is 5.01 Å². The lowest BCUT2D eigenvalue weighted by Gasteiger charge is -2.29. The summed E-state index contributed by atoms with van der Waals surface area (Å²) >= 11 is 0. The minimum Gasteiger partial charge on any atom is -0.361 e. The summed E-state index contributed by atoms with van der Waals surface area (Å²) in [6.45, 7) is 8.03. The second kappa shape index (κ2) is 9.84. The largest absolute Gasteiger partial charge is 0.361 e. The maximum atomic E-state index is 14.0. The number of benzene rings is 2. The number of nitrogens with zero attached hydrogens (tertiary/aromatic N) is 5. The lowest BCUT2D eigenvalue weighted by molar-refractivity contribution is 0.195. The Labute approximate surface area is 209 Å². The Hall–Kier alpha value is -3.15. The van der Waals surface area contributed by atoms with Gasteiger partial charge >= 0.3 is 6.03 Å².